The molecular weight excluding hydrogens is 350 g/mol. The molecule has 9 heteroatoms. The van der Waals surface area contributed by atoms with Crippen LogP contribution in [0.15, 0.2) is 18.2 Å². The standard InChI is InChI=1S/C17H22F2N2O5/c18-12-8-11(9-13(19)10-12)14(2-1-7-22)20-15(23)17(26)3-5-21(6-4-17)16(24)25/h8-10,14,22,26H,1-7H2,(H,20,23)(H,24,25). The van der Waals surface area contributed by atoms with Crippen LogP contribution in [0.3, 0.4) is 0 Å². The van der Waals surface area contributed by atoms with Gasteiger partial charge in [-0.3, -0.25) is 4.79 Å². The predicted octanol–water partition coefficient (Wildman–Crippen LogP) is 1.40. The number of amides is 2. The van der Waals surface area contributed by atoms with Gasteiger partial charge in [0, 0.05) is 38.6 Å². The maximum atomic E-state index is 13.5. The van der Waals surface area contributed by atoms with Gasteiger partial charge in [0.05, 0.1) is 6.04 Å². The highest BCUT2D eigenvalue weighted by Gasteiger charge is 2.41. The van der Waals surface area contributed by atoms with E-state index < -0.39 is 35.3 Å². The van der Waals surface area contributed by atoms with Gasteiger partial charge in [-0.15, -0.1) is 0 Å². The molecule has 144 valence electrons. The van der Waals surface area contributed by atoms with E-state index in [9.17, 15) is 23.5 Å². The number of nitrogens with zero attached hydrogens (tertiary/aromatic N) is 1. The van der Waals surface area contributed by atoms with Crippen molar-refractivity contribution in [1.82, 2.24) is 10.2 Å². The molecule has 1 heterocycles. The minimum Gasteiger partial charge on any atom is -0.465 e. The quantitative estimate of drug-likeness (QED) is 0.603. The molecule has 1 fully saturated rings. The van der Waals surface area contributed by atoms with Gasteiger partial charge in [-0.25, -0.2) is 13.6 Å². The van der Waals surface area contributed by atoms with Crippen molar-refractivity contribution in [2.75, 3.05) is 19.7 Å². The number of rotatable bonds is 6. The summed E-state index contributed by atoms with van der Waals surface area (Å²) in [6.07, 6.45) is -0.759. The largest absolute Gasteiger partial charge is 0.465 e. The summed E-state index contributed by atoms with van der Waals surface area (Å²) in [4.78, 5) is 24.6. The first kappa shape index (κ1) is 20.1. The van der Waals surface area contributed by atoms with E-state index in [4.69, 9.17) is 10.2 Å². The van der Waals surface area contributed by atoms with Gasteiger partial charge in [-0.05, 0) is 30.5 Å². The second kappa shape index (κ2) is 8.41. The van der Waals surface area contributed by atoms with Crippen LogP contribution in [0.1, 0.15) is 37.3 Å². The van der Waals surface area contributed by atoms with E-state index in [0.29, 0.717) is 6.07 Å². The summed E-state index contributed by atoms with van der Waals surface area (Å²) in [6.45, 7) is -0.147. The summed E-state index contributed by atoms with van der Waals surface area (Å²) in [5.41, 5.74) is -1.56. The molecule has 0 spiro atoms. The number of halogens is 2. The average molecular weight is 372 g/mol. The molecule has 2 rings (SSSR count). The fourth-order valence-electron chi connectivity index (χ4n) is 2.98. The van der Waals surface area contributed by atoms with Crippen molar-refractivity contribution >= 4 is 12.0 Å². The molecule has 2 amide bonds. The van der Waals surface area contributed by atoms with Crippen LogP contribution in [-0.4, -0.2) is 57.5 Å². The first-order chi connectivity index (χ1) is 12.2. The number of carbonyl (C=O) groups excluding carboxylic acids is 1. The number of carboxylic acid groups (broad SMARTS) is 1. The summed E-state index contributed by atoms with van der Waals surface area (Å²) in [5, 5.41) is 31.1. The van der Waals surface area contributed by atoms with Gasteiger partial charge in [0.25, 0.3) is 5.91 Å². The minimum absolute atomic E-state index is 0.00908. The molecular formula is C17H22F2N2O5. The fourth-order valence-corrected chi connectivity index (χ4v) is 2.98. The second-order valence-corrected chi connectivity index (χ2v) is 6.40. The number of hydrogen-bond acceptors (Lipinski definition) is 4. The molecule has 1 saturated heterocycles. The number of hydrogen-bond donors (Lipinski definition) is 4. The predicted molar refractivity (Wildman–Crippen MR) is 87.3 cm³/mol. The Labute approximate surface area is 149 Å². The van der Waals surface area contributed by atoms with Crippen molar-refractivity contribution in [3.63, 3.8) is 0 Å². The Bertz CT molecular complexity index is 642. The van der Waals surface area contributed by atoms with Crippen molar-refractivity contribution in [3.8, 4) is 0 Å². The molecule has 0 radical (unpaired) electrons. The number of benzene rings is 1. The Morgan fingerprint density at radius 2 is 1.77 bits per heavy atom. The maximum absolute atomic E-state index is 13.5. The zero-order valence-corrected chi connectivity index (χ0v) is 14.1. The van der Waals surface area contributed by atoms with Gasteiger partial charge < -0.3 is 25.5 Å². The average Bonchev–Trinajstić information content (AvgIpc) is 2.57. The van der Waals surface area contributed by atoms with Gasteiger partial charge in [-0.2, -0.15) is 0 Å². The van der Waals surface area contributed by atoms with Crippen LogP contribution < -0.4 is 5.32 Å². The van der Waals surface area contributed by atoms with Crippen LogP contribution in [0.5, 0.6) is 0 Å². The monoisotopic (exact) mass is 372 g/mol. The van der Waals surface area contributed by atoms with E-state index in [-0.39, 0.29) is 50.9 Å². The Kier molecular flexibility index (Phi) is 6.49. The number of carbonyl (C=O) groups is 2. The van der Waals surface area contributed by atoms with Crippen molar-refractivity contribution < 1.29 is 33.7 Å². The number of aliphatic hydroxyl groups excluding tert-OH is 1. The minimum atomic E-state index is -1.75. The van der Waals surface area contributed by atoms with Crippen molar-refractivity contribution in [2.45, 2.75) is 37.3 Å². The molecule has 0 aliphatic carbocycles. The molecule has 0 saturated carbocycles. The summed E-state index contributed by atoms with van der Waals surface area (Å²) in [6, 6.07) is 2.09. The highest BCUT2D eigenvalue weighted by molar-refractivity contribution is 5.85. The van der Waals surface area contributed by atoms with Crippen molar-refractivity contribution in [3.05, 3.63) is 35.4 Å². The zero-order valence-electron chi connectivity index (χ0n) is 14.1. The molecule has 1 aliphatic heterocycles. The van der Waals surface area contributed by atoms with Gasteiger partial charge >= 0.3 is 6.09 Å². The first-order valence-corrected chi connectivity index (χ1v) is 8.33. The fraction of sp³-hybridized carbons (Fsp3) is 0.529. The van der Waals surface area contributed by atoms with E-state index >= 15 is 0 Å². The lowest BCUT2D eigenvalue weighted by molar-refractivity contribution is -0.145. The molecule has 1 aliphatic rings. The van der Waals surface area contributed by atoms with E-state index in [1.165, 1.54) is 0 Å². The molecule has 0 bridgehead atoms. The highest BCUT2D eigenvalue weighted by Crippen LogP contribution is 2.26. The Balaban J connectivity index is 2.12. The third kappa shape index (κ3) is 4.89. The Hall–Kier alpha value is -2.26. The van der Waals surface area contributed by atoms with Crippen LogP contribution >= 0.6 is 0 Å². The summed E-state index contributed by atoms with van der Waals surface area (Å²) in [7, 11) is 0. The molecule has 0 aromatic heterocycles. The third-order valence-electron chi connectivity index (χ3n) is 4.53. The first-order valence-electron chi connectivity index (χ1n) is 8.33. The number of aliphatic hydroxyl groups is 2. The lowest BCUT2D eigenvalue weighted by atomic mass is 9.89. The van der Waals surface area contributed by atoms with Crippen LogP contribution in [0.4, 0.5) is 13.6 Å². The zero-order chi connectivity index (χ0) is 19.3. The molecule has 7 nitrogen and oxygen atoms in total. The van der Waals surface area contributed by atoms with E-state index in [2.05, 4.69) is 5.32 Å². The maximum Gasteiger partial charge on any atom is 0.407 e. The molecule has 1 aromatic carbocycles. The molecule has 1 unspecified atom stereocenters. The molecule has 26 heavy (non-hydrogen) atoms. The smallest absolute Gasteiger partial charge is 0.407 e. The lowest BCUT2D eigenvalue weighted by Gasteiger charge is -2.36. The normalized spacial score (nSPS) is 17.6. The van der Waals surface area contributed by atoms with Gasteiger partial charge in [-0.1, -0.05) is 0 Å². The van der Waals surface area contributed by atoms with Crippen molar-refractivity contribution in [2.24, 2.45) is 0 Å². The SMILES string of the molecule is O=C(O)N1CCC(O)(C(=O)NC(CCCO)c2cc(F)cc(F)c2)CC1. The third-order valence-corrected chi connectivity index (χ3v) is 4.53. The Morgan fingerprint density at radius 1 is 1.19 bits per heavy atom. The molecule has 4 N–H and O–H groups in total. The number of nitrogens with one attached hydrogen (secondary N) is 1. The van der Waals surface area contributed by atoms with Gasteiger partial charge in [0.15, 0.2) is 0 Å². The van der Waals surface area contributed by atoms with E-state index in [1.807, 2.05) is 0 Å². The van der Waals surface area contributed by atoms with Crippen LogP contribution in [-0.2, 0) is 4.79 Å². The summed E-state index contributed by atoms with van der Waals surface area (Å²) >= 11 is 0. The lowest BCUT2D eigenvalue weighted by Crippen LogP contribution is -2.55. The molecule has 1 atom stereocenters. The van der Waals surface area contributed by atoms with Crippen LogP contribution in [0, 0.1) is 11.6 Å². The van der Waals surface area contributed by atoms with Gasteiger partial charge in [0.1, 0.15) is 17.2 Å². The highest BCUT2D eigenvalue weighted by atomic mass is 19.1. The number of piperidine rings is 1. The van der Waals surface area contributed by atoms with Gasteiger partial charge in [0.2, 0.25) is 0 Å². The van der Waals surface area contributed by atoms with Crippen LogP contribution in [0.25, 0.3) is 0 Å². The topological polar surface area (TPSA) is 110 Å². The summed E-state index contributed by atoms with van der Waals surface area (Å²) in [5.74, 6) is -2.32. The van der Waals surface area contributed by atoms with Crippen molar-refractivity contribution in [1.29, 1.82) is 0 Å². The van der Waals surface area contributed by atoms with E-state index in [0.717, 1.165) is 17.0 Å². The molecule has 1 aromatic rings. The Morgan fingerprint density at radius 3 is 2.27 bits per heavy atom. The van der Waals surface area contributed by atoms with E-state index in [1.54, 1.807) is 0 Å². The summed E-state index contributed by atoms with van der Waals surface area (Å²) < 4.78 is 27.0. The van der Waals surface area contributed by atoms with Crippen LogP contribution in [0.2, 0.25) is 0 Å². The second-order valence-electron chi connectivity index (χ2n) is 6.40. The number of likely N-dealkylation sites (tertiary alicyclic amines) is 1.